The molecule has 2 unspecified atom stereocenters. The lowest BCUT2D eigenvalue weighted by molar-refractivity contribution is -0.124. The monoisotopic (exact) mass is 188 g/mol. The smallest absolute Gasteiger partial charge is 0.224 e. The first-order chi connectivity index (χ1) is 5.75. The Bertz CT molecular complexity index is 157. The van der Waals surface area contributed by atoms with Gasteiger partial charge in [-0.05, 0) is 0 Å². The molecule has 1 fully saturated rings. The fourth-order valence-electron chi connectivity index (χ4n) is 1.32. The summed E-state index contributed by atoms with van der Waals surface area (Å²) in [5.74, 6) is 2.43. The van der Waals surface area contributed by atoms with Crippen LogP contribution in [0.1, 0.15) is 6.92 Å². The number of carbonyl (C=O) groups excluding carboxylic acids is 1. The second-order valence-corrected chi connectivity index (χ2v) is 4.19. The first-order valence-corrected chi connectivity index (χ1v) is 5.44. The van der Waals surface area contributed by atoms with Gasteiger partial charge in [0.15, 0.2) is 0 Å². The number of hydrogen-bond donors (Lipinski definition) is 2. The van der Waals surface area contributed by atoms with Gasteiger partial charge in [-0.3, -0.25) is 4.79 Å². The number of nitrogens with one attached hydrogen (secondary N) is 2. The number of amides is 1. The molecule has 1 saturated heterocycles. The minimum atomic E-state index is 0.0859. The van der Waals surface area contributed by atoms with Gasteiger partial charge in [-0.1, -0.05) is 6.92 Å². The molecule has 2 N–H and O–H groups in total. The summed E-state index contributed by atoms with van der Waals surface area (Å²) < 4.78 is 0. The maximum absolute atomic E-state index is 11.3. The van der Waals surface area contributed by atoms with Crippen LogP contribution in [0.5, 0.6) is 0 Å². The molecule has 0 saturated carbocycles. The molecule has 70 valence electrons. The van der Waals surface area contributed by atoms with Crippen molar-refractivity contribution in [3.8, 4) is 0 Å². The van der Waals surface area contributed by atoms with Gasteiger partial charge in [-0.2, -0.15) is 11.8 Å². The fraction of sp³-hybridized carbons (Fsp3) is 0.875. The van der Waals surface area contributed by atoms with Gasteiger partial charge in [0, 0.05) is 31.1 Å². The van der Waals surface area contributed by atoms with Crippen LogP contribution in [0.2, 0.25) is 0 Å². The highest BCUT2D eigenvalue weighted by molar-refractivity contribution is 7.99. The minimum Gasteiger partial charge on any atom is -0.359 e. The maximum Gasteiger partial charge on any atom is 0.224 e. The summed E-state index contributed by atoms with van der Waals surface area (Å²) >= 11 is 1.92. The van der Waals surface area contributed by atoms with Crippen molar-refractivity contribution < 1.29 is 4.79 Å². The van der Waals surface area contributed by atoms with E-state index in [4.69, 9.17) is 0 Å². The van der Waals surface area contributed by atoms with E-state index in [1.54, 1.807) is 7.05 Å². The first-order valence-electron chi connectivity index (χ1n) is 4.28. The first kappa shape index (κ1) is 9.86. The van der Waals surface area contributed by atoms with E-state index in [1.807, 2.05) is 18.7 Å². The van der Waals surface area contributed by atoms with Crippen LogP contribution in [0.15, 0.2) is 0 Å². The highest BCUT2D eigenvalue weighted by Gasteiger charge is 2.24. The standard InChI is InChI=1S/C8H16N2OS/c1-6(8(11)9-2)7-5-12-4-3-10-7/h6-7,10H,3-5H2,1-2H3,(H,9,11). The van der Waals surface area contributed by atoms with Crippen LogP contribution < -0.4 is 10.6 Å². The minimum absolute atomic E-state index is 0.0859. The Hall–Kier alpha value is -0.220. The van der Waals surface area contributed by atoms with Gasteiger partial charge in [0.05, 0.1) is 5.92 Å². The van der Waals surface area contributed by atoms with Crippen LogP contribution in [-0.4, -0.2) is 37.0 Å². The Morgan fingerprint density at radius 1 is 1.75 bits per heavy atom. The van der Waals surface area contributed by atoms with Crippen molar-refractivity contribution in [1.29, 1.82) is 0 Å². The Morgan fingerprint density at radius 3 is 3.00 bits per heavy atom. The molecule has 4 heteroatoms. The molecule has 0 spiro atoms. The van der Waals surface area contributed by atoms with Crippen molar-refractivity contribution in [2.24, 2.45) is 5.92 Å². The quantitative estimate of drug-likeness (QED) is 0.644. The van der Waals surface area contributed by atoms with Crippen LogP contribution in [0.3, 0.4) is 0 Å². The highest BCUT2D eigenvalue weighted by atomic mass is 32.2. The number of rotatable bonds is 2. The molecule has 3 nitrogen and oxygen atoms in total. The van der Waals surface area contributed by atoms with Gasteiger partial charge >= 0.3 is 0 Å². The van der Waals surface area contributed by atoms with Crippen molar-refractivity contribution in [3.63, 3.8) is 0 Å². The van der Waals surface area contributed by atoms with E-state index in [0.29, 0.717) is 6.04 Å². The lowest BCUT2D eigenvalue weighted by atomic mass is 10.0. The van der Waals surface area contributed by atoms with Gasteiger partial charge in [0.1, 0.15) is 0 Å². The Balaban J connectivity index is 2.39. The van der Waals surface area contributed by atoms with Crippen molar-refractivity contribution >= 4 is 17.7 Å². The molecule has 0 bridgehead atoms. The van der Waals surface area contributed by atoms with E-state index in [9.17, 15) is 4.79 Å². The number of thioether (sulfide) groups is 1. The number of carbonyl (C=O) groups is 1. The molecule has 12 heavy (non-hydrogen) atoms. The maximum atomic E-state index is 11.3. The van der Waals surface area contributed by atoms with Crippen LogP contribution in [0.25, 0.3) is 0 Å². The lowest BCUT2D eigenvalue weighted by Gasteiger charge is -2.27. The Morgan fingerprint density at radius 2 is 2.50 bits per heavy atom. The summed E-state index contributed by atoms with van der Waals surface area (Å²) in [5, 5.41) is 6.03. The molecular weight excluding hydrogens is 172 g/mol. The molecule has 1 aliphatic heterocycles. The van der Waals surface area contributed by atoms with E-state index in [2.05, 4.69) is 10.6 Å². The molecule has 0 radical (unpaired) electrons. The second kappa shape index (κ2) is 4.72. The fourth-order valence-corrected chi connectivity index (χ4v) is 2.41. The molecule has 1 rings (SSSR count). The SMILES string of the molecule is CNC(=O)C(C)C1CSCCN1. The third-order valence-electron chi connectivity index (χ3n) is 2.21. The van der Waals surface area contributed by atoms with Gasteiger partial charge in [-0.25, -0.2) is 0 Å². The van der Waals surface area contributed by atoms with E-state index in [-0.39, 0.29) is 11.8 Å². The van der Waals surface area contributed by atoms with Gasteiger partial charge in [-0.15, -0.1) is 0 Å². The van der Waals surface area contributed by atoms with Gasteiger partial charge in [0.2, 0.25) is 5.91 Å². The Labute approximate surface area is 77.7 Å². The summed E-state index contributed by atoms with van der Waals surface area (Å²) in [5.41, 5.74) is 0. The second-order valence-electron chi connectivity index (χ2n) is 3.04. The zero-order chi connectivity index (χ0) is 8.97. The van der Waals surface area contributed by atoms with Crippen LogP contribution in [0, 0.1) is 5.92 Å². The number of hydrogen-bond acceptors (Lipinski definition) is 3. The molecular formula is C8H16N2OS. The zero-order valence-corrected chi connectivity index (χ0v) is 8.41. The van der Waals surface area contributed by atoms with E-state index < -0.39 is 0 Å². The third-order valence-corrected chi connectivity index (χ3v) is 3.30. The van der Waals surface area contributed by atoms with Gasteiger partial charge in [0.25, 0.3) is 0 Å². The predicted molar refractivity (Wildman–Crippen MR) is 52.3 cm³/mol. The average molecular weight is 188 g/mol. The van der Waals surface area contributed by atoms with E-state index >= 15 is 0 Å². The van der Waals surface area contributed by atoms with Crippen LogP contribution in [-0.2, 0) is 4.79 Å². The zero-order valence-electron chi connectivity index (χ0n) is 7.59. The van der Waals surface area contributed by atoms with Crippen molar-refractivity contribution in [2.75, 3.05) is 25.1 Å². The molecule has 0 aromatic rings. The van der Waals surface area contributed by atoms with E-state index in [0.717, 1.165) is 18.1 Å². The predicted octanol–water partition coefficient (Wildman–Crippen LogP) is 0.0735. The summed E-state index contributed by atoms with van der Waals surface area (Å²) in [6, 6.07) is 0.351. The average Bonchev–Trinajstić information content (AvgIpc) is 2.17. The largest absolute Gasteiger partial charge is 0.359 e. The van der Waals surface area contributed by atoms with Crippen molar-refractivity contribution in [1.82, 2.24) is 10.6 Å². The van der Waals surface area contributed by atoms with E-state index in [1.165, 1.54) is 0 Å². The summed E-state index contributed by atoms with van der Waals surface area (Å²) in [6.07, 6.45) is 0. The molecule has 2 atom stereocenters. The molecule has 1 aliphatic rings. The summed E-state index contributed by atoms with van der Waals surface area (Å²) in [4.78, 5) is 11.3. The highest BCUT2D eigenvalue weighted by Crippen LogP contribution is 2.14. The topological polar surface area (TPSA) is 41.1 Å². The van der Waals surface area contributed by atoms with Crippen molar-refractivity contribution in [3.05, 3.63) is 0 Å². The normalized spacial score (nSPS) is 26.3. The van der Waals surface area contributed by atoms with Crippen molar-refractivity contribution in [2.45, 2.75) is 13.0 Å². The molecule has 0 aliphatic carbocycles. The summed E-state index contributed by atoms with van der Waals surface area (Å²) in [7, 11) is 1.69. The molecule has 0 aromatic heterocycles. The molecule has 1 amide bonds. The third kappa shape index (κ3) is 2.38. The van der Waals surface area contributed by atoms with Gasteiger partial charge < -0.3 is 10.6 Å². The van der Waals surface area contributed by atoms with Crippen LogP contribution >= 0.6 is 11.8 Å². The van der Waals surface area contributed by atoms with Crippen LogP contribution in [0.4, 0.5) is 0 Å². The summed E-state index contributed by atoms with van der Waals surface area (Å²) in [6.45, 7) is 3.00. The Kier molecular flexibility index (Phi) is 3.88. The molecule has 0 aromatic carbocycles. The lowest BCUT2D eigenvalue weighted by Crippen LogP contribution is -2.47. The molecule has 1 heterocycles.